The van der Waals surface area contributed by atoms with Crippen molar-refractivity contribution < 1.29 is 19.4 Å². The molecule has 0 bridgehead atoms. The van der Waals surface area contributed by atoms with Crippen molar-refractivity contribution in [3.8, 4) is 11.5 Å². The summed E-state index contributed by atoms with van der Waals surface area (Å²) in [5.41, 5.74) is 5.97. The molecule has 2 rings (SSSR count). The Labute approximate surface area is 121 Å². The molecule has 0 radical (unpaired) electrons. The van der Waals surface area contributed by atoms with Gasteiger partial charge in [-0.2, -0.15) is 0 Å². The van der Waals surface area contributed by atoms with Crippen molar-refractivity contribution in [3.05, 3.63) is 22.7 Å². The fraction of sp³-hybridized carbons (Fsp3) is 0.462. The summed E-state index contributed by atoms with van der Waals surface area (Å²) < 4.78 is 10.8. The molecule has 20 heavy (non-hydrogen) atoms. The van der Waals surface area contributed by atoms with Gasteiger partial charge >= 0.3 is 0 Å². The molecule has 1 aromatic carbocycles. The van der Waals surface area contributed by atoms with Crippen LogP contribution in [0.4, 0.5) is 0 Å². The Morgan fingerprint density at radius 3 is 2.90 bits per heavy atom. The number of aliphatic hydroxyl groups excluding tert-OH is 1. The highest BCUT2D eigenvalue weighted by atomic mass is 35.5. The lowest BCUT2D eigenvalue weighted by atomic mass is 10.1. The molecule has 1 aliphatic rings. The van der Waals surface area contributed by atoms with Gasteiger partial charge in [0.1, 0.15) is 13.2 Å². The van der Waals surface area contributed by atoms with Gasteiger partial charge in [-0.25, -0.2) is 0 Å². The molecule has 1 aromatic rings. The van der Waals surface area contributed by atoms with Gasteiger partial charge in [0.15, 0.2) is 11.5 Å². The Balaban J connectivity index is 2.08. The van der Waals surface area contributed by atoms with E-state index >= 15 is 0 Å². The molecule has 7 heteroatoms. The summed E-state index contributed by atoms with van der Waals surface area (Å²) in [7, 11) is 0. The quantitative estimate of drug-likeness (QED) is 0.757. The SMILES string of the molecule is C[C@H](N)C(=O)NCC(O)c1cc(Cl)c2c(c1)OCCO2. The minimum atomic E-state index is -0.897. The van der Waals surface area contributed by atoms with Crippen molar-refractivity contribution in [3.63, 3.8) is 0 Å². The maximum absolute atomic E-state index is 11.4. The number of nitrogens with two attached hydrogens (primary N) is 1. The molecular weight excluding hydrogens is 284 g/mol. The highest BCUT2D eigenvalue weighted by Gasteiger charge is 2.20. The Hall–Kier alpha value is -1.50. The summed E-state index contributed by atoms with van der Waals surface area (Å²) in [6.45, 7) is 2.50. The van der Waals surface area contributed by atoms with Crippen LogP contribution in [-0.2, 0) is 4.79 Å². The van der Waals surface area contributed by atoms with Gasteiger partial charge in [-0.3, -0.25) is 4.79 Å². The minimum Gasteiger partial charge on any atom is -0.486 e. The maximum atomic E-state index is 11.4. The Bertz CT molecular complexity index is 507. The number of halogens is 1. The van der Waals surface area contributed by atoms with Gasteiger partial charge in [0.2, 0.25) is 5.91 Å². The van der Waals surface area contributed by atoms with Gasteiger partial charge in [-0.15, -0.1) is 0 Å². The van der Waals surface area contributed by atoms with E-state index in [0.717, 1.165) is 0 Å². The number of benzene rings is 1. The summed E-state index contributed by atoms with van der Waals surface area (Å²) in [6, 6.07) is 2.63. The number of hydrogen-bond donors (Lipinski definition) is 3. The average molecular weight is 301 g/mol. The highest BCUT2D eigenvalue weighted by molar-refractivity contribution is 6.32. The first-order valence-corrected chi connectivity index (χ1v) is 6.67. The summed E-state index contributed by atoms with van der Waals surface area (Å²) in [4.78, 5) is 11.4. The number of carbonyl (C=O) groups is 1. The third-order valence-electron chi connectivity index (χ3n) is 2.89. The molecule has 0 aliphatic carbocycles. The maximum Gasteiger partial charge on any atom is 0.236 e. The van der Waals surface area contributed by atoms with Crippen LogP contribution in [-0.4, -0.2) is 36.8 Å². The van der Waals surface area contributed by atoms with E-state index in [9.17, 15) is 9.90 Å². The van der Waals surface area contributed by atoms with E-state index in [1.54, 1.807) is 19.1 Å². The first-order valence-electron chi connectivity index (χ1n) is 6.29. The molecule has 0 spiro atoms. The van der Waals surface area contributed by atoms with Crippen LogP contribution in [0.1, 0.15) is 18.6 Å². The molecule has 1 unspecified atom stereocenters. The van der Waals surface area contributed by atoms with E-state index < -0.39 is 12.1 Å². The molecule has 1 amide bonds. The number of amides is 1. The van der Waals surface area contributed by atoms with Crippen LogP contribution < -0.4 is 20.5 Å². The van der Waals surface area contributed by atoms with Crippen molar-refractivity contribution in [2.24, 2.45) is 5.73 Å². The molecule has 6 nitrogen and oxygen atoms in total. The first kappa shape index (κ1) is 14.9. The topological polar surface area (TPSA) is 93.8 Å². The number of nitrogens with one attached hydrogen (secondary N) is 1. The second-order valence-electron chi connectivity index (χ2n) is 4.58. The first-order chi connectivity index (χ1) is 9.49. The summed E-state index contributed by atoms with van der Waals surface area (Å²) in [6.07, 6.45) is -0.897. The van der Waals surface area contributed by atoms with Crippen LogP contribution in [0.25, 0.3) is 0 Å². The van der Waals surface area contributed by atoms with Crippen molar-refractivity contribution in [2.45, 2.75) is 19.1 Å². The van der Waals surface area contributed by atoms with E-state index in [1.807, 2.05) is 0 Å². The van der Waals surface area contributed by atoms with Crippen molar-refractivity contribution in [1.82, 2.24) is 5.32 Å². The van der Waals surface area contributed by atoms with E-state index in [2.05, 4.69) is 5.32 Å². The number of ether oxygens (including phenoxy) is 2. The second-order valence-corrected chi connectivity index (χ2v) is 4.98. The molecule has 0 fully saturated rings. The summed E-state index contributed by atoms with van der Waals surface area (Å²) in [5, 5.41) is 13.0. The zero-order valence-electron chi connectivity index (χ0n) is 11.1. The molecule has 0 saturated heterocycles. The zero-order chi connectivity index (χ0) is 14.7. The van der Waals surface area contributed by atoms with E-state index in [1.165, 1.54) is 0 Å². The Morgan fingerprint density at radius 2 is 2.20 bits per heavy atom. The normalized spacial score (nSPS) is 16.4. The third-order valence-corrected chi connectivity index (χ3v) is 3.17. The van der Waals surface area contributed by atoms with Gasteiger partial charge in [-0.1, -0.05) is 11.6 Å². The molecular formula is C13H17ClN2O4. The predicted molar refractivity (Wildman–Crippen MR) is 74.1 cm³/mol. The highest BCUT2D eigenvalue weighted by Crippen LogP contribution is 2.39. The van der Waals surface area contributed by atoms with Crippen LogP contribution in [0.5, 0.6) is 11.5 Å². The zero-order valence-corrected chi connectivity index (χ0v) is 11.8. The molecule has 110 valence electrons. The van der Waals surface area contributed by atoms with Gasteiger partial charge in [0.05, 0.1) is 17.2 Å². The van der Waals surface area contributed by atoms with E-state index in [0.29, 0.717) is 35.3 Å². The predicted octanol–water partition coefficient (Wildman–Crippen LogP) is 0.608. The smallest absolute Gasteiger partial charge is 0.236 e. The van der Waals surface area contributed by atoms with Gasteiger partial charge in [-0.05, 0) is 24.6 Å². The molecule has 0 saturated carbocycles. The van der Waals surface area contributed by atoms with Crippen LogP contribution in [0.2, 0.25) is 5.02 Å². The Morgan fingerprint density at radius 1 is 1.50 bits per heavy atom. The van der Waals surface area contributed by atoms with Gasteiger partial charge in [0, 0.05) is 6.54 Å². The lowest BCUT2D eigenvalue weighted by molar-refractivity contribution is -0.122. The number of rotatable bonds is 4. The molecule has 2 atom stereocenters. The molecule has 1 aliphatic heterocycles. The van der Waals surface area contributed by atoms with Crippen molar-refractivity contribution >= 4 is 17.5 Å². The fourth-order valence-corrected chi connectivity index (χ4v) is 2.07. The van der Waals surface area contributed by atoms with Crippen molar-refractivity contribution in [2.75, 3.05) is 19.8 Å². The second kappa shape index (κ2) is 6.30. The van der Waals surface area contributed by atoms with Crippen LogP contribution in [0.15, 0.2) is 12.1 Å². The molecule has 1 heterocycles. The van der Waals surface area contributed by atoms with Crippen LogP contribution in [0, 0.1) is 0 Å². The average Bonchev–Trinajstić information content (AvgIpc) is 2.44. The van der Waals surface area contributed by atoms with Gasteiger partial charge < -0.3 is 25.6 Å². The van der Waals surface area contributed by atoms with E-state index in [-0.39, 0.29) is 12.5 Å². The third kappa shape index (κ3) is 3.33. The van der Waals surface area contributed by atoms with Crippen LogP contribution in [0.3, 0.4) is 0 Å². The lowest BCUT2D eigenvalue weighted by Gasteiger charge is -2.21. The number of aliphatic hydroxyl groups is 1. The number of hydrogen-bond acceptors (Lipinski definition) is 5. The minimum absolute atomic E-state index is 0.0519. The van der Waals surface area contributed by atoms with Gasteiger partial charge in [0.25, 0.3) is 0 Å². The van der Waals surface area contributed by atoms with Crippen molar-refractivity contribution in [1.29, 1.82) is 0 Å². The fourth-order valence-electron chi connectivity index (χ4n) is 1.80. The monoisotopic (exact) mass is 300 g/mol. The lowest BCUT2D eigenvalue weighted by Crippen LogP contribution is -2.40. The number of carbonyl (C=O) groups excluding carboxylic acids is 1. The molecule has 0 aromatic heterocycles. The largest absolute Gasteiger partial charge is 0.486 e. The van der Waals surface area contributed by atoms with E-state index in [4.69, 9.17) is 26.8 Å². The standard InChI is InChI=1S/C13H17ClN2O4/c1-7(15)13(18)16-6-10(17)8-4-9(14)12-11(5-8)19-2-3-20-12/h4-5,7,10,17H,2-3,6,15H2,1H3,(H,16,18)/t7-,10?/m0/s1. The summed E-state index contributed by atoms with van der Waals surface area (Å²) >= 11 is 6.08. The number of fused-ring (bicyclic) bond motifs is 1. The van der Waals surface area contributed by atoms with Crippen LogP contribution >= 0.6 is 11.6 Å². The molecule has 4 N–H and O–H groups in total. The Kier molecular flexibility index (Phi) is 4.69. The summed E-state index contributed by atoms with van der Waals surface area (Å²) in [5.74, 6) is 0.650.